The number of likely N-dealkylation sites (tertiary alicyclic amines) is 1. The van der Waals surface area contributed by atoms with Crippen LogP contribution in [0.5, 0.6) is 0 Å². The van der Waals surface area contributed by atoms with Crippen molar-refractivity contribution < 1.29 is 19.2 Å². The Hall–Kier alpha value is -2.38. The van der Waals surface area contributed by atoms with Gasteiger partial charge in [0, 0.05) is 12.6 Å². The minimum atomic E-state index is -0.722. The lowest BCUT2D eigenvalue weighted by Crippen LogP contribution is -2.58. The molecule has 1 saturated heterocycles. The zero-order valence-corrected chi connectivity index (χ0v) is 17.0. The van der Waals surface area contributed by atoms with E-state index in [2.05, 4.69) is 22.5 Å². The van der Waals surface area contributed by atoms with E-state index in [1.54, 1.807) is 6.08 Å². The van der Waals surface area contributed by atoms with Gasteiger partial charge in [-0.15, -0.1) is 6.58 Å². The van der Waals surface area contributed by atoms with E-state index in [-0.39, 0.29) is 23.8 Å². The second-order valence-corrected chi connectivity index (χ2v) is 8.64. The molecule has 2 unspecified atom stereocenters. The van der Waals surface area contributed by atoms with E-state index in [0.717, 1.165) is 12.8 Å². The summed E-state index contributed by atoms with van der Waals surface area (Å²) in [5.74, 6) is -0.843. The molecule has 0 spiro atoms. The highest BCUT2D eigenvalue weighted by molar-refractivity contribution is 5.94. The van der Waals surface area contributed by atoms with E-state index in [1.807, 2.05) is 20.8 Å². The molecule has 1 aliphatic carbocycles. The summed E-state index contributed by atoms with van der Waals surface area (Å²) in [6.45, 7) is 9.69. The summed E-state index contributed by atoms with van der Waals surface area (Å²) < 4.78 is 0. The quantitative estimate of drug-likeness (QED) is 0.392. The molecule has 0 aromatic heterocycles. The Labute approximate surface area is 166 Å². The lowest BCUT2D eigenvalue weighted by Gasteiger charge is -2.34. The van der Waals surface area contributed by atoms with E-state index < -0.39 is 23.5 Å². The molecule has 3 N–H and O–H groups in total. The number of nitrogens with zero attached hydrogens (tertiary/aromatic N) is 1. The largest absolute Gasteiger partial charge is 0.352 e. The molecular weight excluding hydrogens is 360 g/mol. The van der Waals surface area contributed by atoms with Crippen molar-refractivity contribution in [1.29, 1.82) is 0 Å². The van der Waals surface area contributed by atoms with Crippen LogP contribution in [0.1, 0.15) is 52.9 Å². The SMILES string of the molecule is C=CCC(NC(=O)C1CCCN1C(=O)[C@@H](NC=O)C(C)(C)C)C(=O)NC1CC1. The van der Waals surface area contributed by atoms with E-state index in [4.69, 9.17) is 0 Å². The summed E-state index contributed by atoms with van der Waals surface area (Å²) in [7, 11) is 0. The molecule has 156 valence electrons. The Morgan fingerprint density at radius 3 is 2.43 bits per heavy atom. The molecule has 0 bridgehead atoms. The third-order valence-electron chi connectivity index (χ3n) is 5.15. The van der Waals surface area contributed by atoms with Crippen LogP contribution in [0.25, 0.3) is 0 Å². The standard InChI is InChI=1S/C20H32N4O4/c1-5-7-14(17(26)22-13-9-10-13)23-18(27)15-8-6-11-24(15)19(28)16(21-12-25)20(2,3)4/h5,12-16H,1,6-11H2,2-4H3,(H,21,25)(H,22,26)(H,23,27)/t14?,15?,16-/m1/s1. The van der Waals surface area contributed by atoms with Crippen LogP contribution in [-0.4, -0.2) is 59.7 Å². The maximum absolute atomic E-state index is 13.0. The maximum Gasteiger partial charge on any atom is 0.246 e. The van der Waals surface area contributed by atoms with Crippen LogP contribution >= 0.6 is 0 Å². The minimum absolute atomic E-state index is 0.197. The first-order valence-electron chi connectivity index (χ1n) is 9.90. The molecule has 8 heteroatoms. The van der Waals surface area contributed by atoms with E-state index in [9.17, 15) is 19.2 Å². The highest BCUT2D eigenvalue weighted by Gasteiger charge is 2.41. The van der Waals surface area contributed by atoms with Crippen LogP contribution in [0, 0.1) is 5.41 Å². The Bertz CT molecular complexity index is 624. The van der Waals surface area contributed by atoms with Gasteiger partial charge in [-0.05, 0) is 37.5 Å². The number of carbonyl (C=O) groups excluding carboxylic acids is 4. The fourth-order valence-electron chi connectivity index (χ4n) is 3.42. The van der Waals surface area contributed by atoms with Gasteiger partial charge in [0.05, 0.1) is 0 Å². The van der Waals surface area contributed by atoms with E-state index in [1.165, 1.54) is 4.90 Å². The fraction of sp³-hybridized carbons (Fsp3) is 0.700. The molecule has 2 fully saturated rings. The number of nitrogens with one attached hydrogen (secondary N) is 3. The molecule has 2 rings (SSSR count). The minimum Gasteiger partial charge on any atom is -0.352 e. The van der Waals surface area contributed by atoms with Gasteiger partial charge in [-0.3, -0.25) is 19.2 Å². The van der Waals surface area contributed by atoms with Crippen LogP contribution < -0.4 is 16.0 Å². The summed E-state index contributed by atoms with van der Waals surface area (Å²) in [6.07, 6.45) is 5.58. The zero-order chi connectivity index (χ0) is 20.9. The predicted octanol–water partition coefficient (Wildman–Crippen LogP) is 0.478. The smallest absolute Gasteiger partial charge is 0.246 e. The highest BCUT2D eigenvalue weighted by Crippen LogP contribution is 2.26. The lowest BCUT2D eigenvalue weighted by atomic mass is 9.85. The predicted molar refractivity (Wildman–Crippen MR) is 105 cm³/mol. The first kappa shape index (κ1) is 21.9. The van der Waals surface area contributed by atoms with Crippen molar-refractivity contribution in [3.63, 3.8) is 0 Å². The molecule has 1 aliphatic heterocycles. The summed E-state index contributed by atoms with van der Waals surface area (Å²) in [5.41, 5.74) is -0.489. The van der Waals surface area contributed by atoms with Gasteiger partial charge in [0.2, 0.25) is 24.1 Å². The Morgan fingerprint density at radius 2 is 1.89 bits per heavy atom. The summed E-state index contributed by atoms with van der Waals surface area (Å²) >= 11 is 0. The Morgan fingerprint density at radius 1 is 1.21 bits per heavy atom. The number of carbonyl (C=O) groups is 4. The monoisotopic (exact) mass is 392 g/mol. The number of rotatable bonds is 9. The van der Waals surface area contributed by atoms with Crippen molar-refractivity contribution >= 4 is 24.1 Å². The van der Waals surface area contributed by atoms with Gasteiger partial charge < -0.3 is 20.9 Å². The molecular formula is C20H32N4O4. The third-order valence-corrected chi connectivity index (χ3v) is 5.15. The maximum atomic E-state index is 13.0. The van der Waals surface area contributed by atoms with Gasteiger partial charge >= 0.3 is 0 Å². The van der Waals surface area contributed by atoms with Crippen molar-refractivity contribution in [3.8, 4) is 0 Å². The highest BCUT2D eigenvalue weighted by atomic mass is 16.2. The number of hydrogen-bond acceptors (Lipinski definition) is 4. The fourth-order valence-corrected chi connectivity index (χ4v) is 3.42. The van der Waals surface area contributed by atoms with Gasteiger partial charge in [0.15, 0.2) is 0 Å². The molecule has 28 heavy (non-hydrogen) atoms. The topological polar surface area (TPSA) is 108 Å². The molecule has 4 amide bonds. The van der Waals surface area contributed by atoms with Crippen LogP contribution in [0.2, 0.25) is 0 Å². The molecule has 1 saturated carbocycles. The summed E-state index contributed by atoms with van der Waals surface area (Å²) in [4.78, 5) is 50.8. The van der Waals surface area contributed by atoms with Crippen LogP contribution in [0.3, 0.4) is 0 Å². The molecule has 3 atom stereocenters. The average molecular weight is 393 g/mol. The number of hydrogen-bond donors (Lipinski definition) is 3. The van der Waals surface area contributed by atoms with Gasteiger partial charge in [-0.2, -0.15) is 0 Å². The molecule has 0 aromatic carbocycles. The van der Waals surface area contributed by atoms with Crippen molar-refractivity contribution in [2.75, 3.05) is 6.54 Å². The first-order valence-corrected chi connectivity index (χ1v) is 9.90. The Kier molecular flexibility index (Phi) is 7.21. The molecule has 2 aliphatic rings. The molecule has 0 radical (unpaired) electrons. The van der Waals surface area contributed by atoms with Gasteiger partial charge in [-0.25, -0.2) is 0 Å². The van der Waals surface area contributed by atoms with Gasteiger partial charge in [0.1, 0.15) is 18.1 Å². The summed E-state index contributed by atoms with van der Waals surface area (Å²) in [5, 5.41) is 8.26. The molecule has 1 heterocycles. The Balaban J connectivity index is 2.07. The van der Waals surface area contributed by atoms with Crippen molar-refractivity contribution in [2.45, 2.75) is 77.0 Å². The normalized spacial score (nSPS) is 21.4. The van der Waals surface area contributed by atoms with Gasteiger partial charge in [-0.1, -0.05) is 26.8 Å². The van der Waals surface area contributed by atoms with Crippen LogP contribution in [0.15, 0.2) is 12.7 Å². The first-order chi connectivity index (χ1) is 13.2. The van der Waals surface area contributed by atoms with E-state index in [0.29, 0.717) is 32.2 Å². The molecule has 0 aromatic rings. The molecule has 8 nitrogen and oxygen atoms in total. The average Bonchev–Trinajstić information content (AvgIpc) is 3.29. The van der Waals surface area contributed by atoms with E-state index >= 15 is 0 Å². The van der Waals surface area contributed by atoms with Gasteiger partial charge in [0.25, 0.3) is 0 Å². The van der Waals surface area contributed by atoms with Crippen molar-refractivity contribution in [3.05, 3.63) is 12.7 Å². The zero-order valence-electron chi connectivity index (χ0n) is 17.0. The van der Waals surface area contributed by atoms with Crippen molar-refractivity contribution in [1.82, 2.24) is 20.9 Å². The lowest BCUT2D eigenvalue weighted by molar-refractivity contribution is -0.143. The third kappa shape index (κ3) is 5.56. The number of amides is 4. The van der Waals surface area contributed by atoms with Crippen molar-refractivity contribution in [2.24, 2.45) is 5.41 Å². The second kappa shape index (κ2) is 9.21. The summed E-state index contributed by atoms with van der Waals surface area (Å²) in [6, 6.07) is -1.87. The van der Waals surface area contributed by atoms with Crippen LogP contribution in [-0.2, 0) is 19.2 Å². The van der Waals surface area contributed by atoms with Crippen LogP contribution in [0.4, 0.5) is 0 Å². The second-order valence-electron chi connectivity index (χ2n) is 8.64.